The van der Waals surface area contributed by atoms with Crippen LogP contribution in [0.4, 0.5) is 8.78 Å². The number of methoxy groups -OCH3 is 1. The van der Waals surface area contributed by atoms with Gasteiger partial charge >= 0.3 is 13.3 Å². The van der Waals surface area contributed by atoms with Gasteiger partial charge in [-0.1, -0.05) is 18.9 Å². The van der Waals surface area contributed by atoms with Crippen LogP contribution in [0, 0.1) is 0 Å². The summed E-state index contributed by atoms with van der Waals surface area (Å²) in [7, 11) is -2.51. The standard InChI is InChI=1S/C30H35F2N4O7PS/c1-35(14-12-18-11-13-33-26(15-18)43-2)29(39)23-9-8-21-5-3-4-6-22(28(38)36(21)23)34-27(37)25-17-19-16-20(7-10-24(19)45-25)30(31,32)44(40,41)42/h7,10-11,13,15-17,21-23H,3-6,8-9,12,14H2,1-2H3,(H,34,37)(H2,40,41,42)/t21?,22-,23-/m0/s1. The van der Waals surface area contributed by atoms with E-state index in [9.17, 15) is 27.7 Å². The molecule has 0 radical (unpaired) electrons. The van der Waals surface area contributed by atoms with Crippen molar-refractivity contribution in [3.05, 3.63) is 58.6 Å². The molecule has 3 aromatic rings. The zero-order valence-electron chi connectivity index (χ0n) is 24.8. The lowest BCUT2D eigenvalue weighted by Crippen LogP contribution is -2.56. The molecule has 1 aromatic carbocycles. The van der Waals surface area contributed by atoms with Gasteiger partial charge in [0.15, 0.2) is 0 Å². The Hall–Kier alpha value is -3.45. The molecule has 0 spiro atoms. The van der Waals surface area contributed by atoms with E-state index in [0.717, 1.165) is 41.9 Å². The highest BCUT2D eigenvalue weighted by Crippen LogP contribution is 2.59. The number of thiophene rings is 1. The molecule has 3 N–H and O–H groups in total. The molecule has 2 aliphatic rings. The number of hydrogen-bond acceptors (Lipinski definition) is 7. The highest BCUT2D eigenvalue weighted by atomic mass is 32.1. The Labute approximate surface area is 262 Å². The summed E-state index contributed by atoms with van der Waals surface area (Å²) >= 11 is 1.02. The number of amides is 3. The first kappa shape index (κ1) is 32.9. The number of nitrogens with zero attached hydrogens (tertiary/aromatic N) is 3. The van der Waals surface area contributed by atoms with E-state index < -0.39 is 36.8 Å². The number of carbonyl (C=O) groups is 3. The number of aromatic nitrogens is 1. The molecule has 0 bridgehead atoms. The van der Waals surface area contributed by atoms with Gasteiger partial charge in [-0.3, -0.25) is 18.9 Å². The smallest absolute Gasteiger partial charge is 0.399 e. The van der Waals surface area contributed by atoms with Crippen molar-refractivity contribution in [2.24, 2.45) is 0 Å². The molecule has 3 atom stereocenters. The van der Waals surface area contributed by atoms with Gasteiger partial charge in [0.1, 0.15) is 12.1 Å². The maximum Gasteiger partial charge on any atom is 0.399 e. The molecule has 2 aromatic heterocycles. The quantitative estimate of drug-likeness (QED) is 0.288. The summed E-state index contributed by atoms with van der Waals surface area (Å²) in [4.78, 5) is 66.6. The van der Waals surface area contributed by atoms with E-state index in [-0.39, 0.29) is 28.1 Å². The number of benzene rings is 1. The Morgan fingerprint density at radius 1 is 1.16 bits per heavy atom. The molecule has 2 fully saturated rings. The van der Waals surface area contributed by atoms with Crippen LogP contribution in [0.3, 0.4) is 0 Å². The number of hydrogen-bond donors (Lipinski definition) is 3. The van der Waals surface area contributed by atoms with Crippen LogP contribution in [0.25, 0.3) is 10.1 Å². The van der Waals surface area contributed by atoms with Crippen molar-refractivity contribution < 1.29 is 42.3 Å². The highest BCUT2D eigenvalue weighted by molar-refractivity contribution is 7.52. The van der Waals surface area contributed by atoms with Crippen molar-refractivity contribution in [3.63, 3.8) is 0 Å². The third-order valence-corrected chi connectivity index (χ3v) is 10.6. The predicted octanol–water partition coefficient (Wildman–Crippen LogP) is 4.27. The summed E-state index contributed by atoms with van der Waals surface area (Å²) in [5, 5.41) is 3.03. The van der Waals surface area contributed by atoms with Gasteiger partial charge < -0.3 is 29.6 Å². The Morgan fingerprint density at radius 2 is 1.91 bits per heavy atom. The van der Waals surface area contributed by atoms with Crippen LogP contribution in [0.1, 0.15) is 59.3 Å². The minimum Gasteiger partial charge on any atom is -0.481 e. The number of likely N-dealkylation sites (N-methyl/N-ethyl adjacent to an activating group) is 1. The number of ether oxygens (including phenoxy) is 1. The lowest BCUT2D eigenvalue weighted by molar-refractivity contribution is -0.146. The van der Waals surface area contributed by atoms with Gasteiger partial charge in [0.25, 0.3) is 5.91 Å². The second-order valence-corrected chi connectivity index (χ2v) is 14.2. The van der Waals surface area contributed by atoms with Crippen molar-refractivity contribution in [3.8, 4) is 5.88 Å². The fourth-order valence-electron chi connectivity index (χ4n) is 6.03. The molecule has 11 nitrogen and oxygen atoms in total. The summed E-state index contributed by atoms with van der Waals surface area (Å²) in [6, 6.07) is 6.56. The molecule has 242 valence electrons. The van der Waals surface area contributed by atoms with Crippen LogP contribution in [0.15, 0.2) is 42.6 Å². The molecule has 2 saturated heterocycles. The molecule has 1 unspecified atom stereocenters. The summed E-state index contributed by atoms with van der Waals surface area (Å²) in [6.45, 7) is 0.434. The fourth-order valence-corrected chi connectivity index (χ4v) is 7.45. The second-order valence-electron chi connectivity index (χ2n) is 11.5. The van der Waals surface area contributed by atoms with Gasteiger partial charge in [-0.05, 0) is 67.3 Å². The Balaban J connectivity index is 1.29. The first-order valence-corrected chi connectivity index (χ1v) is 17.1. The normalized spacial score (nSPS) is 20.8. The molecular formula is C30H35F2N4O7PS. The summed E-state index contributed by atoms with van der Waals surface area (Å²) in [5.41, 5.74) is -4.27. The van der Waals surface area contributed by atoms with E-state index in [4.69, 9.17) is 14.5 Å². The fraction of sp³-hybridized carbons (Fsp3) is 0.467. The maximum atomic E-state index is 14.3. The van der Waals surface area contributed by atoms with Gasteiger partial charge in [-0.25, -0.2) is 4.98 Å². The van der Waals surface area contributed by atoms with Gasteiger partial charge in [0.2, 0.25) is 17.7 Å². The maximum absolute atomic E-state index is 14.3. The van der Waals surface area contributed by atoms with Crippen LogP contribution in [0.5, 0.6) is 5.88 Å². The third-order valence-electron chi connectivity index (χ3n) is 8.50. The first-order chi connectivity index (χ1) is 21.3. The van der Waals surface area contributed by atoms with Crippen molar-refractivity contribution in [1.82, 2.24) is 20.1 Å². The second kappa shape index (κ2) is 13.1. The molecular weight excluding hydrogens is 629 g/mol. The van der Waals surface area contributed by atoms with E-state index in [1.54, 1.807) is 23.0 Å². The highest BCUT2D eigenvalue weighted by Gasteiger charge is 2.50. The van der Waals surface area contributed by atoms with Crippen molar-refractivity contribution in [2.75, 3.05) is 20.7 Å². The first-order valence-electron chi connectivity index (χ1n) is 14.6. The summed E-state index contributed by atoms with van der Waals surface area (Å²) < 4.78 is 45.5. The number of halogens is 2. The van der Waals surface area contributed by atoms with E-state index in [1.807, 2.05) is 12.1 Å². The zero-order valence-corrected chi connectivity index (χ0v) is 26.5. The SMILES string of the molecule is COc1cc(CCN(C)C(=O)[C@@H]2CCC3CCCC[C@H](NC(=O)c4cc5cc(C(F)(F)P(=O)(O)O)ccc5s4)C(=O)N32)ccn1. The number of pyridine rings is 1. The Kier molecular flexibility index (Phi) is 9.60. The van der Waals surface area contributed by atoms with Gasteiger partial charge in [0.05, 0.1) is 12.0 Å². The lowest BCUT2D eigenvalue weighted by atomic mass is 9.99. The molecule has 45 heavy (non-hydrogen) atoms. The van der Waals surface area contributed by atoms with E-state index in [1.165, 1.54) is 19.2 Å². The third kappa shape index (κ3) is 6.89. The van der Waals surface area contributed by atoms with E-state index in [2.05, 4.69) is 10.3 Å². The largest absolute Gasteiger partial charge is 0.481 e. The average Bonchev–Trinajstić information content (AvgIpc) is 3.63. The lowest BCUT2D eigenvalue weighted by Gasteiger charge is -2.36. The minimum absolute atomic E-state index is 0.109. The molecule has 5 rings (SSSR count). The van der Waals surface area contributed by atoms with Crippen LogP contribution in [-0.4, -0.2) is 81.1 Å². The zero-order chi connectivity index (χ0) is 32.5. The number of fused-ring (bicyclic) bond motifs is 2. The molecule has 2 aliphatic heterocycles. The average molecular weight is 665 g/mol. The minimum atomic E-state index is -5.75. The molecule has 0 aliphatic carbocycles. The van der Waals surface area contributed by atoms with Crippen molar-refractivity contribution >= 4 is 46.7 Å². The van der Waals surface area contributed by atoms with Crippen molar-refractivity contribution in [1.29, 1.82) is 0 Å². The van der Waals surface area contributed by atoms with Crippen LogP contribution in [0.2, 0.25) is 0 Å². The number of carbonyl (C=O) groups excluding carboxylic acids is 3. The van der Waals surface area contributed by atoms with Gasteiger partial charge in [-0.2, -0.15) is 8.78 Å². The number of rotatable bonds is 9. The van der Waals surface area contributed by atoms with Gasteiger partial charge in [0, 0.05) is 42.2 Å². The summed E-state index contributed by atoms with van der Waals surface area (Å²) in [5.74, 6) is -0.561. The van der Waals surface area contributed by atoms with E-state index >= 15 is 0 Å². The monoisotopic (exact) mass is 664 g/mol. The molecule has 4 heterocycles. The van der Waals surface area contributed by atoms with Gasteiger partial charge in [-0.15, -0.1) is 11.3 Å². The molecule has 15 heteroatoms. The van der Waals surface area contributed by atoms with Crippen LogP contribution < -0.4 is 10.1 Å². The number of alkyl halides is 2. The van der Waals surface area contributed by atoms with Crippen LogP contribution >= 0.6 is 18.9 Å². The van der Waals surface area contributed by atoms with Crippen LogP contribution in [-0.2, 0) is 26.2 Å². The molecule has 3 amide bonds. The topological polar surface area (TPSA) is 149 Å². The molecule has 0 saturated carbocycles. The Morgan fingerprint density at radius 3 is 2.64 bits per heavy atom. The van der Waals surface area contributed by atoms with E-state index in [0.29, 0.717) is 49.2 Å². The summed E-state index contributed by atoms with van der Waals surface area (Å²) in [6.07, 6.45) is 6.15. The number of nitrogens with one attached hydrogen (secondary N) is 1. The Bertz CT molecular complexity index is 1650. The predicted molar refractivity (Wildman–Crippen MR) is 163 cm³/mol. The van der Waals surface area contributed by atoms with Crippen molar-refractivity contribution in [2.45, 2.75) is 68.7 Å².